The Labute approximate surface area is 158 Å². The average Bonchev–Trinajstić information content (AvgIpc) is 3.36. The fourth-order valence-corrected chi connectivity index (χ4v) is 3.30. The van der Waals surface area contributed by atoms with Crippen LogP contribution in [0.5, 0.6) is 0 Å². The van der Waals surface area contributed by atoms with Gasteiger partial charge < -0.3 is 9.63 Å². The van der Waals surface area contributed by atoms with Crippen LogP contribution >= 0.6 is 0 Å². The van der Waals surface area contributed by atoms with Gasteiger partial charge in [-0.1, -0.05) is 66.7 Å². The van der Waals surface area contributed by atoms with Crippen LogP contribution in [-0.2, 0) is 6.61 Å². The van der Waals surface area contributed by atoms with Crippen LogP contribution < -0.4 is 0 Å². The summed E-state index contributed by atoms with van der Waals surface area (Å²) >= 11 is 0. The molecular weight excluding hydrogens is 340 g/mol. The summed E-state index contributed by atoms with van der Waals surface area (Å²) < 4.78 is 5.50. The highest BCUT2D eigenvalue weighted by Crippen LogP contribution is 2.32. The van der Waals surface area contributed by atoms with E-state index in [2.05, 4.69) is 46.3 Å². The van der Waals surface area contributed by atoms with Gasteiger partial charge in [-0.2, -0.15) is 10.1 Å². The Bertz CT molecular complexity index is 919. The summed E-state index contributed by atoms with van der Waals surface area (Å²) in [5, 5.41) is 20.1. The molecule has 0 fully saturated rings. The van der Waals surface area contributed by atoms with Gasteiger partial charge in [0.15, 0.2) is 0 Å². The van der Waals surface area contributed by atoms with Gasteiger partial charge in [-0.3, -0.25) is 5.01 Å². The first-order valence-electron chi connectivity index (χ1n) is 9.21. The normalized spacial score (nSPS) is 16.6. The standard InChI is InChI=1S/C21H22N4O2/c1-2-12-25-19(16-6-4-3-5-7-16)13-18(23-25)21-22-20(24-27-21)17-10-8-15(14-26)9-11-17/h3-11,19,26H,2,12-14H2,1H3. The van der Waals surface area contributed by atoms with E-state index in [-0.39, 0.29) is 12.6 Å². The molecule has 27 heavy (non-hydrogen) atoms. The molecule has 1 unspecified atom stereocenters. The molecule has 0 spiro atoms. The third-order valence-corrected chi connectivity index (χ3v) is 4.70. The Hall–Kier alpha value is -2.99. The first-order chi connectivity index (χ1) is 13.3. The quantitative estimate of drug-likeness (QED) is 0.722. The van der Waals surface area contributed by atoms with E-state index in [0.717, 1.165) is 36.2 Å². The van der Waals surface area contributed by atoms with Gasteiger partial charge in [0.2, 0.25) is 5.82 Å². The van der Waals surface area contributed by atoms with Crippen molar-refractivity contribution in [3.63, 3.8) is 0 Å². The Morgan fingerprint density at radius 1 is 1.11 bits per heavy atom. The van der Waals surface area contributed by atoms with Gasteiger partial charge in [0.25, 0.3) is 5.89 Å². The van der Waals surface area contributed by atoms with Gasteiger partial charge in [0.1, 0.15) is 5.71 Å². The minimum absolute atomic E-state index is 0.0166. The Balaban J connectivity index is 1.58. The van der Waals surface area contributed by atoms with Crippen molar-refractivity contribution >= 4 is 5.71 Å². The molecule has 0 saturated carbocycles. The summed E-state index contributed by atoms with van der Waals surface area (Å²) in [6.45, 7) is 3.05. The second-order valence-electron chi connectivity index (χ2n) is 6.62. The lowest BCUT2D eigenvalue weighted by Crippen LogP contribution is -2.20. The average molecular weight is 362 g/mol. The Kier molecular flexibility index (Phi) is 4.98. The fraction of sp³-hybridized carbons (Fsp3) is 0.286. The van der Waals surface area contributed by atoms with E-state index in [9.17, 15) is 0 Å². The number of hydrogen-bond donors (Lipinski definition) is 1. The van der Waals surface area contributed by atoms with Crippen LogP contribution in [0.2, 0.25) is 0 Å². The first kappa shape index (κ1) is 17.4. The summed E-state index contributed by atoms with van der Waals surface area (Å²) in [6.07, 6.45) is 1.77. The molecule has 138 valence electrons. The van der Waals surface area contributed by atoms with Gasteiger partial charge in [-0.15, -0.1) is 0 Å². The van der Waals surface area contributed by atoms with Gasteiger partial charge >= 0.3 is 0 Å². The number of hydrogen-bond acceptors (Lipinski definition) is 6. The van der Waals surface area contributed by atoms with Crippen LogP contribution in [0.25, 0.3) is 11.4 Å². The molecule has 2 heterocycles. The largest absolute Gasteiger partial charge is 0.392 e. The predicted octanol–water partition coefficient (Wildman–Crippen LogP) is 3.79. The van der Waals surface area contributed by atoms with Crippen molar-refractivity contribution in [2.24, 2.45) is 5.10 Å². The molecule has 6 heteroatoms. The van der Waals surface area contributed by atoms with Crippen LogP contribution in [0.3, 0.4) is 0 Å². The molecular formula is C21H22N4O2. The van der Waals surface area contributed by atoms with Gasteiger partial charge in [0, 0.05) is 18.5 Å². The van der Waals surface area contributed by atoms with Crippen molar-refractivity contribution in [1.29, 1.82) is 0 Å². The summed E-state index contributed by atoms with van der Waals surface area (Å²) in [5.41, 5.74) is 3.77. The van der Waals surface area contributed by atoms with Crippen LogP contribution in [0.15, 0.2) is 64.2 Å². The molecule has 0 bridgehead atoms. The van der Waals surface area contributed by atoms with E-state index >= 15 is 0 Å². The number of aromatic nitrogens is 2. The van der Waals surface area contributed by atoms with E-state index in [1.807, 2.05) is 30.3 Å². The summed E-state index contributed by atoms with van der Waals surface area (Å²) in [7, 11) is 0. The van der Waals surface area contributed by atoms with E-state index < -0.39 is 0 Å². The lowest BCUT2D eigenvalue weighted by atomic mass is 10.0. The number of rotatable bonds is 6. The fourth-order valence-electron chi connectivity index (χ4n) is 3.30. The van der Waals surface area contributed by atoms with Crippen molar-refractivity contribution < 1.29 is 9.63 Å². The number of hydrazone groups is 1. The highest BCUT2D eigenvalue weighted by Gasteiger charge is 2.30. The molecule has 6 nitrogen and oxygen atoms in total. The van der Waals surface area contributed by atoms with Gasteiger partial charge in [-0.05, 0) is 17.5 Å². The lowest BCUT2D eigenvalue weighted by Gasteiger charge is -2.23. The SMILES string of the molecule is CCCN1N=C(c2nc(-c3ccc(CO)cc3)no2)CC1c1ccccc1. The molecule has 0 amide bonds. The smallest absolute Gasteiger partial charge is 0.274 e. The second-order valence-corrected chi connectivity index (χ2v) is 6.62. The van der Waals surface area contributed by atoms with Gasteiger partial charge in [-0.25, -0.2) is 0 Å². The van der Waals surface area contributed by atoms with Crippen molar-refractivity contribution in [1.82, 2.24) is 15.1 Å². The van der Waals surface area contributed by atoms with Gasteiger partial charge in [0.05, 0.1) is 12.6 Å². The molecule has 1 N–H and O–H groups in total. The molecule has 1 aliphatic rings. The molecule has 0 radical (unpaired) electrons. The third-order valence-electron chi connectivity index (χ3n) is 4.70. The Morgan fingerprint density at radius 3 is 2.59 bits per heavy atom. The van der Waals surface area contributed by atoms with E-state index in [4.69, 9.17) is 14.7 Å². The summed E-state index contributed by atoms with van der Waals surface area (Å²) in [5.74, 6) is 0.998. The highest BCUT2D eigenvalue weighted by atomic mass is 16.5. The molecule has 1 aromatic heterocycles. The predicted molar refractivity (Wildman–Crippen MR) is 103 cm³/mol. The highest BCUT2D eigenvalue weighted by molar-refractivity contribution is 5.98. The van der Waals surface area contributed by atoms with Crippen LogP contribution in [0.1, 0.15) is 42.8 Å². The monoisotopic (exact) mass is 362 g/mol. The zero-order valence-electron chi connectivity index (χ0n) is 15.2. The van der Waals surface area contributed by atoms with Crippen molar-refractivity contribution in [3.8, 4) is 11.4 Å². The van der Waals surface area contributed by atoms with E-state index in [1.165, 1.54) is 5.56 Å². The number of benzene rings is 2. The van der Waals surface area contributed by atoms with E-state index in [1.54, 1.807) is 0 Å². The van der Waals surface area contributed by atoms with Crippen LogP contribution in [-0.4, -0.2) is 32.5 Å². The summed E-state index contributed by atoms with van der Waals surface area (Å²) in [6, 6.07) is 18.1. The number of aliphatic hydroxyl groups excluding tert-OH is 1. The first-order valence-corrected chi connectivity index (χ1v) is 9.21. The van der Waals surface area contributed by atoms with Crippen LogP contribution in [0.4, 0.5) is 0 Å². The molecule has 3 aromatic rings. The maximum Gasteiger partial charge on any atom is 0.274 e. The zero-order valence-corrected chi connectivity index (χ0v) is 15.2. The molecule has 2 aromatic carbocycles. The maximum absolute atomic E-state index is 9.16. The minimum Gasteiger partial charge on any atom is -0.392 e. The van der Waals surface area contributed by atoms with Crippen molar-refractivity contribution in [3.05, 3.63) is 71.6 Å². The topological polar surface area (TPSA) is 74.8 Å². The minimum atomic E-state index is 0.0166. The number of nitrogens with zero attached hydrogens (tertiary/aromatic N) is 4. The van der Waals surface area contributed by atoms with Crippen LogP contribution in [0, 0.1) is 0 Å². The molecule has 0 saturated heterocycles. The van der Waals surface area contributed by atoms with E-state index in [0.29, 0.717) is 11.7 Å². The molecule has 0 aliphatic carbocycles. The molecule has 1 aliphatic heterocycles. The van der Waals surface area contributed by atoms with Crippen molar-refractivity contribution in [2.75, 3.05) is 6.54 Å². The molecule has 1 atom stereocenters. The van der Waals surface area contributed by atoms with Crippen molar-refractivity contribution in [2.45, 2.75) is 32.4 Å². The lowest BCUT2D eigenvalue weighted by molar-refractivity contribution is 0.234. The zero-order chi connectivity index (χ0) is 18.6. The Morgan fingerprint density at radius 2 is 1.89 bits per heavy atom. The molecule has 4 rings (SSSR count). The third kappa shape index (κ3) is 3.61. The number of aliphatic hydroxyl groups is 1. The maximum atomic E-state index is 9.16. The second kappa shape index (κ2) is 7.72. The summed E-state index contributed by atoms with van der Waals surface area (Å²) in [4.78, 5) is 4.54.